The number of hydrogen-bond acceptors (Lipinski definition) is 2. The first-order valence-corrected chi connectivity index (χ1v) is 6.24. The number of amides is 1. The maximum atomic E-state index is 11.8. The van der Waals surface area contributed by atoms with Gasteiger partial charge in [0.05, 0.1) is 12.0 Å². The van der Waals surface area contributed by atoms with Crippen LogP contribution in [0.5, 0.6) is 0 Å². The van der Waals surface area contributed by atoms with E-state index in [4.69, 9.17) is 5.11 Å². The average molecular weight is 261 g/mol. The number of carboxylic acid groups (broad SMARTS) is 1. The lowest BCUT2D eigenvalue weighted by Crippen LogP contribution is -2.35. The van der Waals surface area contributed by atoms with Crippen LogP contribution in [0.3, 0.4) is 0 Å². The Morgan fingerprint density at radius 1 is 1.37 bits per heavy atom. The van der Waals surface area contributed by atoms with Crippen LogP contribution < -0.4 is 5.32 Å². The van der Waals surface area contributed by atoms with Crippen LogP contribution in [0.15, 0.2) is 43.0 Å². The lowest BCUT2D eigenvalue weighted by atomic mass is 9.94. The molecule has 0 aliphatic rings. The van der Waals surface area contributed by atoms with Gasteiger partial charge in [0.2, 0.25) is 5.91 Å². The molecule has 19 heavy (non-hydrogen) atoms. The minimum absolute atomic E-state index is 0.165. The third kappa shape index (κ3) is 4.58. The highest BCUT2D eigenvalue weighted by atomic mass is 16.4. The highest BCUT2D eigenvalue weighted by molar-refractivity contribution is 5.78. The molecule has 4 heteroatoms. The lowest BCUT2D eigenvalue weighted by Gasteiger charge is -2.22. The van der Waals surface area contributed by atoms with Crippen molar-refractivity contribution < 1.29 is 14.7 Å². The molecule has 2 unspecified atom stereocenters. The molecule has 0 fully saturated rings. The fraction of sp³-hybridized carbons (Fsp3) is 0.333. The van der Waals surface area contributed by atoms with Crippen molar-refractivity contribution in [3.05, 3.63) is 48.6 Å². The zero-order valence-electron chi connectivity index (χ0n) is 11.0. The number of aliphatic carboxylic acids is 1. The number of carbonyl (C=O) groups excluding carboxylic acids is 1. The predicted octanol–water partition coefficient (Wildman–Crippen LogP) is 2.53. The highest BCUT2D eigenvalue weighted by Crippen LogP contribution is 2.22. The molecule has 4 nitrogen and oxygen atoms in total. The summed E-state index contributed by atoms with van der Waals surface area (Å²) in [5, 5.41) is 11.9. The van der Waals surface area contributed by atoms with Gasteiger partial charge in [-0.2, -0.15) is 0 Å². The van der Waals surface area contributed by atoms with E-state index in [0.29, 0.717) is 12.8 Å². The van der Waals surface area contributed by atoms with E-state index in [-0.39, 0.29) is 5.91 Å². The van der Waals surface area contributed by atoms with E-state index >= 15 is 0 Å². The van der Waals surface area contributed by atoms with Gasteiger partial charge in [-0.05, 0) is 18.9 Å². The van der Waals surface area contributed by atoms with Crippen molar-refractivity contribution in [3.63, 3.8) is 0 Å². The maximum Gasteiger partial charge on any atom is 0.308 e. The molecule has 0 aromatic heterocycles. The fourth-order valence-corrected chi connectivity index (χ4v) is 1.78. The topological polar surface area (TPSA) is 66.4 Å². The van der Waals surface area contributed by atoms with E-state index in [1.54, 1.807) is 13.0 Å². The number of nitrogens with one attached hydrogen (secondary N) is 1. The Hall–Kier alpha value is -2.10. The zero-order chi connectivity index (χ0) is 14.3. The Morgan fingerprint density at radius 2 is 2.00 bits per heavy atom. The van der Waals surface area contributed by atoms with Crippen LogP contribution in [0.4, 0.5) is 0 Å². The van der Waals surface area contributed by atoms with Gasteiger partial charge in [0.25, 0.3) is 0 Å². The van der Waals surface area contributed by atoms with Gasteiger partial charge in [-0.3, -0.25) is 9.59 Å². The second kappa shape index (κ2) is 7.36. The summed E-state index contributed by atoms with van der Waals surface area (Å²) >= 11 is 0. The zero-order valence-corrected chi connectivity index (χ0v) is 11.0. The second-order valence-corrected chi connectivity index (χ2v) is 4.41. The highest BCUT2D eigenvalue weighted by Gasteiger charge is 2.26. The smallest absolute Gasteiger partial charge is 0.308 e. The Labute approximate surface area is 113 Å². The van der Waals surface area contributed by atoms with Gasteiger partial charge in [0.15, 0.2) is 0 Å². The minimum atomic E-state index is -0.933. The average Bonchev–Trinajstić information content (AvgIpc) is 2.42. The van der Waals surface area contributed by atoms with Gasteiger partial charge < -0.3 is 10.4 Å². The molecule has 2 N–H and O–H groups in total. The van der Waals surface area contributed by atoms with Crippen molar-refractivity contribution >= 4 is 11.9 Å². The second-order valence-electron chi connectivity index (χ2n) is 4.41. The molecule has 2 atom stereocenters. The van der Waals surface area contributed by atoms with Crippen LogP contribution >= 0.6 is 0 Å². The van der Waals surface area contributed by atoms with E-state index in [1.807, 2.05) is 30.3 Å². The normalized spacial score (nSPS) is 13.3. The Morgan fingerprint density at radius 3 is 2.53 bits per heavy atom. The van der Waals surface area contributed by atoms with Crippen molar-refractivity contribution in [1.29, 1.82) is 0 Å². The molecule has 0 radical (unpaired) electrons. The van der Waals surface area contributed by atoms with Crippen LogP contribution in [-0.2, 0) is 9.59 Å². The Balaban J connectivity index is 2.84. The summed E-state index contributed by atoms with van der Waals surface area (Å²) in [6, 6.07) is 8.62. The van der Waals surface area contributed by atoms with E-state index in [2.05, 4.69) is 11.9 Å². The van der Waals surface area contributed by atoms with Gasteiger partial charge in [-0.15, -0.1) is 6.58 Å². The van der Waals surface area contributed by atoms with Crippen LogP contribution in [-0.4, -0.2) is 17.0 Å². The number of benzene rings is 1. The number of hydrogen-bond donors (Lipinski definition) is 2. The Bertz CT molecular complexity index is 442. The standard InChI is InChI=1S/C15H19NO3/c1-3-4-10-13(17)16-14(11(2)15(18)19)12-8-6-5-7-9-12/h3,5-9,11,14H,1,4,10H2,2H3,(H,16,17)(H,18,19). The van der Waals surface area contributed by atoms with E-state index < -0.39 is 17.9 Å². The molecule has 0 saturated carbocycles. The fourth-order valence-electron chi connectivity index (χ4n) is 1.78. The third-order valence-electron chi connectivity index (χ3n) is 2.94. The minimum Gasteiger partial charge on any atom is -0.481 e. The predicted molar refractivity (Wildman–Crippen MR) is 73.6 cm³/mol. The summed E-state index contributed by atoms with van der Waals surface area (Å²) in [5.41, 5.74) is 0.796. The molecule has 0 bridgehead atoms. The quantitative estimate of drug-likeness (QED) is 0.741. The first kappa shape index (κ1) is 15.0. The molecule has 0 spiro atoms. The molecule has 1 amide bonds. The van der Waals surface area contributed by atoms with Crippen LogP contribution in [0.25, 0.3) is 0 Å². The summed E-state index contributed by atoms with van der Waals surface area (Å²) in [6.07, 6.45) is 2.56. The summed E-state index contributed by atoms with van der Waals surface area (Å²) in [5.74, 6) is -1.78. The SMILES string of the molecule is C=CCCC(=O)NC(c1ccccc1)C(C)C(=O)O. The van der Waals surface area contributed by atoms with Gasteiger partial charge >= 0.3 is 5.97 Å². The van der Waals surface area contributed by atoms with Crippen molar-refractivity contribution in [2.24, 2.45) is 5.92 Å². The van der Waals surface area contributed by atoms with Crippen molar-refractivity contribution in [2.75, 3.05) is 0 Å². The molecule has 0 aliphatic carbocycles. The summed E-state index contributed by atoms with van der Waals surface area (Å²) in [6.45, 7) is 5.15. The van der Waals surface area contributed by atoms with Gasteiger partial charge in [-0.25, -0.2) is 0 Å². The monoisotopic (exact) mass is 261 g/mol. The molecule has 1 aromatic carbocycles. The third-order valence-corrected chi connectivity index (χ3v) is 2.94. The summed E-state index contributed by atoms with van der Waals surface area (Å²) in [4.78, 5) is 22.9. The van der Waals surface area contributed by atoms with Crippen molar-refractivity contribution in [1.82, 2.24) is 5.32 Å². The van der Waals surface area contributed by atoms with Gasteiger partial charge in [-0.1, -0.05) is 36.4 Å². The molecular formula is C15H19NO3. The summed E-state index contributed by atoms with van der Waals surface area (Å²) < 4.78 is 0. The molecular weight excluding hydrogens is 242 g/mol. The first-order chi connectivity index (χ1) is 9.06. The Kier molecular flexibility index (Phi) is 5.79. The van der Waals surface area contributed by atoms with Crippen molar-refractivity contribution in [3.8, 4) is 0 Å². The molecule has 1 rings (SSSR count). The number of carbonyl (C=O) groups is 2. The van der Waals surface area contributed by atoms with E-state index in [9.17, 15) is 9.59 Å². The van der Waals surface area contributed by atoms with Crippen molar-refractivity contribution in [2.45, 2.75) is 25.8 Å². The molecule has 0 heterocycles. The molecule has 1 aromatic rings. The van der Waals surface area contributed by atoms with Crippen LogP contribution in [0, 0.1) is 5.92 Å². The van der Waals surface area contributed by atoms with Gasteiger partial charge in [0.1, 0.15) is 0 Å². The molecule has 0 aliphatic heterocycles. The van der Waals surface area contributed by atoms with Crippen LogP contribution in [0.1, 0.15) is 31.4 Å². The largest absolute Gasteiger partial charge is 0.481 e. The lowest BCUT2D eigenvalue weighted by molar-refractivity contribution is -0.142. The maximum absolute atomic E-state index is 11.8. The summed E-state index contributed by atoms with van der Waals surface area (Å²) in [7, 11) is 0. The number of rotatable bonds is 7. The van der Waals surface area contributed by atoms with E-state index in [1.165, 1.54) is 0 Å². The van der Waals surface area contributed by atoms with Crippen LogP contribution in [0.2, 0.25) is 0 Å². The molecule has 102 valence electrons. The molecule has 0 saturated heterocycles. The van der Waals surface area contributed by atoms with Gasteiger partial charge in [0, 0.05) is 6.42 Å². The number of carboxylic acids is 1. The number of allylic oxidation sites excluding steroid dienone is 1. The first-order valence-electron chi connectivity index (χ1n) is 6.24. The van der Waals surface area contributed by atoms with E-state index in [0.717, 1.165) is 5.56 Å².